The number of hydrogen-bond donors (Lipinski definition) is 1. The molecule has 2 heteroatoms. The molecule has 0 amide bonds. The van der Waals surface area contributed by atoms with Crippen LogP contribution in [0.5, 0.6) is 0 Å². The molecule has 3 rings (SSSR count). The third-order valence-electron chi connectivity index (χ3n) is 4.14. The molecule has 1 aliphatic rings. The van der Waals surface area contributed by atoms with Gasteiger partial charge in [-0.2, -0.15) is 0 Å². The minimum absolute atomic E-state index is 0.154. The van der Waals surface area contributed by atoms with Gasteiger partial charge in [0.05, 0.1) is 0 Å². The number of hydrogen-bond acceptors (Lipinski definition) is 1. The number of aliphatic carboxylic acids is 1. The zero-order valence-corrected chi connectivity index (χ0v) is 11.1. The van der Waals surface area contributed by atoms with Crippen molar-refractivity contribution in [3.63, 3.8) is 0 Å². The summed E-state index contributed by atoms with van der Waals surface area (Å²) in [6.07, 6.45) is 0. The lowest BCUT2D eigenvalue weighted by atomic mass is 9.65. The molecule has 0 fully saturated rings. The Morgan fingerprint density at radius 1 is 0.947 bits per heavy atom. The maximum absolute atomic E-state index is 11.7. The Morgan fingerprint density at radius 3 is 1.79 bits per heavy atom. The molecular weight excluding hydrogens is 236 g/mol. The maximum atomic E-state index is 11.7. The average molecular weight is 252 g/mol. The molecule has 2 aromatic carbocycles. The molecule has 1 N–H and O–H groups in total. The van der Waals surface area contributed by atoms with E-state index >= 15 is 0 Å². The normalized spacial score (nSPS) is 16.5. The summed E-state index contributed by atoms with van der Waals surface area (Å²) in [5, 5.41) is 9.60. The van der Waals surface area contributed by atoms with Crippen LogP contribution in [-0.2, 0) is 10.2 Å². The van der Waals surface area contributed by atoms with Crippen molar-refractivity contribution in [3.05, 3.63) is 70.8 Å². The molecule has 0 heterocycles. The van der Waals surface area contributed by atoms with Crippen molar-refractivity contribution in [2.45, 2.75) is 25.2 Å². The van der Waals surface area contributed by atoms with Crippen LogP contribution < -0.4 is 0 Å². The predicted octanol–water partition coefficient (Wildman–Crippen LogP) is 3.54. The van der Waals surface area contributed by atoms with Gasteiger partial charge in [0.1, 0.15) is 5.92 Å². The molecule has 0 atom stereocenters. The predicted molar refractivity (Wildman–Crippen MR) is 74.5 cm³/mol. The Hall–Kier alpha value is -2.09. The van der Waals surface area contributed by atoms with E-state index in [2.05, 4.69) is 13.8 Å². The Morgan fingerprint density at radius 2 is 1.37 bits per heavy atom. The molecular formula is C17H16O2. The van der Waals surface area contributed by atoms with Gasteiger partial charge in [0.25, 0.3) is 0 Å². The van der Waals surface area contributed by atoms with E-state index in [4.69, 9.17) is 0 Å². The summed E-state index contributed by atoms with van der Waals surface area (Å²) in [7, 11) is 0. The number of carboxylic acids is 1. The van der Waals surface area contributed by atoms with Gasteiger partial charge in [0.15, 0.2) is 0 Å². The lowest BCUT2D eigenvalue weighted by Crippen LogP contribution is -2.32. The van der Waals surface area contributed by atoms with Crippen LogP contribution in [0.25, 0.3) is 0 Å². The van der Waals surface area contributed by atoms with Crippen molar-refractivity contribution < 1.29 is 9.90 Å². The first kappa shape index (κ1) is 12.0. The van der Waals surface area contributed by atoms with Gasteiger partial charge in [-0.3, -0.25) is 4.79 Å². The van der Waals surface area contributed by atoms with Gasteiger partial charge >= 0.3 is 5.97 Å². The molecule has 0 saturated carbocycles. The molecule has 2 aromatic rings. The highest BCUT2D eigenvalue weighted by Gasteiger charge is 2.39. The van der Waals surface area contributed by atoms with Crippen molar-refractivity contribution >= 4 is 5.97 Å². The van der Waals surface area contributed by atoms with Crippen molar-refractivity contribution in [3.8, 4) is 0 Å². The molecule has 0 saturated heterocycles. The minimum atomic E-state index is -0.782. The number of carboxylic acid groups (broad SMARTS) is 1. The van der Waals surface area contributed by atoms with Gasteiger partial charge in [0, 0.05) is 5.41 Å². The molecule has 0 spiro atoms. The number of rotatable bonds is 1. The second kappa shape index (κ2) is 3.95. The topological polar surface area (TPSA) is 37.3 Å². The van der Waals surface area contributed by atoms with Crippen LogP contribution in [0.15, 0.2) is 48.5 Å². The van der Waals surface area contributed by atoms with Crippen molar-refractivity contribution in [1.29, 1.82) is 0 Å². The van der Waals surface area contributed by atoms with E-state index in [1.54, 1.807) is 0 Å². The summed E-state index contributed by atoms with van der Waals surface area (Å²) >= 11 is 0. The quantitative estimate of drug-likeness (QED) is 0.842. The average Bonchev–Trinajstić information content (AvgIpc) is 2.39. The summed E-state index contributed by atoms with van der Waals surface area (Å²) in [5.74, 6) is -1.34. The highest BCUT2D eigenvalue weighted by atomic mass is 16.4. The lowest BCUT2D eigenvalue weighted by molar-refractivity contribution is -0.137. The zero-order chi connectivity index (χ0) is 13.6. The highest BCUT2D eigenvalue weighted by Crippen LogP contribution is 2.46. The van der Waals surface area contributed by atoms with E-state index in [1.807, 2.05) is 48.5 Å². The largest absolute Gasteiger partial charge is 0.481 e. The van der Waals surface area contributed by atoms with Crippen LogP contribution in [0.4, 0.5) is 0 Å². The lowest BCUT2D eigenvalue weighted by Gasteiger charge is -2.37. The maximum Gasteiger partial charge on any atom is 0.315 e. The van der Waals surface area contributed by atoms with Gasteiger partial charge in [0.2, 0.25) is 0 Å². The minimum Gasteiger partial charge on any atom is -0.481 e. The Balaban J connectivity index is 2.37. The molecule has 0 aromatic heterocycles. The van der Waals surface area contributed by atoms with Crippen LogP contribution in [0, 0.1) is 0 Å². The zero-order valence-electron chi connectivity index (χ0n) is 11.1. The van der Waals surface area contributed by atoms with Crippen LogP contribution in [0.3, 0.4) is 0 Å². The second-order valence-electron chi connectivity index (χ2n) is 5.57. The van der Waals surface area contributed by atoms with E-state index in [9.17, 15) is 9.90 Å². The number of benzene rings is 2. The molecule has 0 bridgehead atoms. The van der Waals surface area contributed by atoms with Gasteiger partial charge < -0.3 is 5.11 Å². The molecule has 0 radical (unpaired) electrons. The van der Waals surface area contributed by atoms with E-state index in [0.717, 1.165) is 22.3 Å². The first-order chi connectivity index (χ1) is 9.03. The van der Waals surface area contributed by atoms with Crippen molar-refractivity contribution in [2.75, 3.05) is 0 Å². The van der Waals surface area contributed by atoms with E-state index < -0.39 is 11.9 Å². The fraction of sp³-hybridized carbons (Fsp3) is 0.235. The third kappa shape index (κ3) is 1.60. The summed E-state index contributed by atoms with van der Waals surface area (Å²) in [5.41, 5.74) is 3.90. The van der Waals surface area contributed by atoms with E-state index in [1.165, 1.54) is 0 Å². The van der Waals surface area contributed by atoms with Crippen molar-refractivity contribution in [2.24, 2.45) is 0 Å². The van der Waals surface area contributed by atoms with E-state index in [-0.39, 0.29) is 5.41 Å². The molecule has 0 aliphatic heterocycles. The fourth-order valence-corrected chi connectivity index (χ4v) is 3.21. The van der Waals surface area contributed by atoms with Gasteiger partial charge in [-0.1, -0.05) is 62.4 Å². The smallest absolute Gasteiger partial charge is 0.315 e. The Kier molecular flexibility index (Phi) is 2.49. The number of carbonyl (C=O) groups is 1. The van der Waals surface area contributed by atoms with Gasteiger partial charge in [-0.25, -0.2) is 0 Å². The summed E-state index contributed by atoms with van der Waals surface area (Å²) in [4.78, 5) is 11.7. The Bertz CT molecular complexity index is 606. The SMILES string of the molecule is CC1(C)c2ccccc2C(C(=O)O)c2ccccc21. The fourth-order valence-electron chi connectivity index (χ4n) is 3.21. The number of fused-ring (bicyclic) bond motifs is 2. The monoisotopic (exact) mass is 252 g/mol. The van der Waals surface area contributed by atoms with Crippen molar-refractivity contribution in [1.82, 2.24) is 0 Å². The molecule has 2 nitrogen and oxygen atoms in total. The standard InChI is InChI=1S/C17H16O2/c1-17(2)13-9-5-3-7-11(13)15(16(18)19)12-8-4-6-10-14(12)17/h3-10,15H,1-2H3,(H,18,19). The summed E-state index contributed by atoms with van der Waals surface area (Å²) in [6.45, 7) is 4.31. The summed E-state index contributed by atoms with van der Waals surface area (Å²) in [6, 6.07) is 15.7. The molecule has 0 unspecified atom stereocenters. The van der Waals surface area contributed by atoms with Gasteiger partial charge in [-0.05, 0) is 22.3 Å². The summed E-state index contributed by atoms with van der Waals surface area (Å²) < 4.78 is 0. The van der Waals surface area contributed by atoms with Gasteiger partial charge in [-0.15, -0.1) is 0 Å². The van der Waals surface area contributed by atoms with Crippen LogP contribution in [-0.4, -0.2) is 11.1 Å². The van der Waals surface area contributed by atoms with Crippen LogP contribution >= 0.6 is 0 Å². The van der Waals surface area contributed by atoms with Crippen LogP contribution in [0.1, 0.15) is 42.0 Å². The highest BCUT2D eigenvalue weighted by molar-refractivity contribution is 5.83. The Labute approximate surface area is 112 Å². The first-order valence-electron chi connectivity index (χ1n) is 6.45. The molecule has 96 valence electrons. The molecule has 19 heavy (non-hydrogen) atoms. The molecule has 1 aliphatic carbocycles. The first-order valence-corrected chi connectivity index (χ1v) is 6.45. The third-order valence-corrected chi connectivity index (χ3v) is 4.14. The van der Waals surface area contributed by atoms with E-state index in [0.29, 0.717) is 0 Å². The van der Waals surface area contributed by atoms with Crippen LogP contribution in [0.2, 0.25) is 0 Å². The second-order valence-corrected chi connectivity index (χ2v) is 5.57.